The maximum Gasteiger partial charge on any atom is 0.475 e. The molecule has 3 fully saturated rings. The summed E-state index contributed by atoms with van der Waals surface area (Å²) in [5.41, 5.74) is 6.88. The van der Waals surface area contributed by atoms with E-state index in [1.165, 1.54) is 6.33 Å². The van der Waals surface area contributed by atoms with Gasteiger partial charge in [0.1, 0.15) is 29.7 Å². The Morgan fingerprint density at radius 2 is 2.11 bits per heavy atom. The number of hydrogen-bond donors (Lipinski definition) is 1. The highest BCUT2D eigenvalue weighted by Gasteiger charge is 2.64. The summed E-state index contributed by atoms with van der Waals surface area (Å²) in [4.78, 5) is 12.7. The van der Waals surface area contributed by atoms with Gasteiger partial charge < -0.3 is 19.9 Å². The molecule has 1 aromatic carbocycles. The van der Waals surface area contributed by atoms with Gasteiger partial charge in [0.15, 0.2) is 23.5 Å². The van der Waals surface area contributed by atoms with Gasteiger partial charge in [0.2, 0.25) is 0 Å². The van der Waals surface area contributed by atoms with Crippen LogP contribution in [0.25, 0.3) is 11.2 Å². The quantitative estimate of drug-likeness (QED) is 0.422. The molecule has 12 nitrogen and oxygen atoms in total. The SMILES string of the molecule is CC1(C)O[C@@H]2[C@@H](COP3(=O)OCCC(c4cccc(Br)c4)O3)O[C@@H](n3cnc4c(N)ncnc43)[C@]2(C)O1. The fourth-order valence-electron chi connectivity index (χ4n) is 5.23. The Hall–Kier alpha value is -1.96. The summed E-state index contributed by atoms with van der Waals surface area (Å²) in [5.74, 6) is -0.630. The molecule has 3 aliphatic rings. The second kappa shape index (κ2) is 9.06. The number of nitrogen functional groups attached to an aromatic ring is 1. The molecule has 2 aromatic heterocycles. The van der Waals surface area contributed by atoms with Gasteiger partial charge >= 0.3 is 7.82 Å². The Bertz CT molecular complexity index is 1390. The highest BCUT2D eigenvalue weighted by molar-refractivity contribution is 9.10. The second-order valence-corrected chi connectivity index (χ2v) is 12.4. The Labute approximate surface area is 221 Å². The van der Waals surface area contributed by atoms with E-state index < -0.39 is 43.8 Å². The number of phosphoric ester groups is 1. The molecule has 37 heavy (non-hydrogen) atoms. The minimum absolute atomic E-state index is 0.109. The van der Waals surface area contributed by atoms with Gasteiger partial charge in [-0.3, -0.25) is 18.1 Å². The number of hydrogen-bond acceptors (Lipinski definition) is 11. The number of halogens is 1. The van der Waals surface area contributed by atoms with Gasteiger partial charge in [-0.05, 0) is 38.5 Å². The van der Waals surface area contributed by atoms with Gasteiger partial charge in [-0.25, -0.2) is 19.5 Å². The fraction of sp³-hybridized carbons (Fsp3) is 0.522. The number of rotatable bonds is 5. The van der Waals surface area contributed by atoms with Crippen LogP contribution < -0.4 is 5.73 Å². The molecule has 0 bridgehead atoms. The minimum Gasteiger partial charge on any atom is -0.382 e. The van der Waals surface area contributed by atoms with Crippen molar-refractivity contribution in [3.05, 3.63) is 47.0 Å². The first-order chi connectivity index (χ1) is 17.6. The summed E-state index contributed by atoms with van der Waals surface area (Å²) in [5, 5.41) is 0. The molecule has 3 aliphatic heterocycles. The van der Waals surface area contributed by atoms with Crippen molar-refractivity contribution in [1.29, 1.82) is 0 Å². The molecule has 3 aromatic rings. The fourth-order valence-corrected chi connectivity index (χ4v) is 7.04. The number of nitrogens with two attached hydrogens (primary N) is 1. The number of anilines is 1. The molecule has 6 rings (SSSR count). The highest BCUT2D eigenvalue weighted by Crippen LogP contribution is 2.58. The third-order valence-corrected chi connectivity index (χ3v) is 8.69. The van der Waals surface area contributed by atoms with Crippen molar-refractivity contribution in [2.45, 2.75) is 63.1 Å². The first-order valence-electron chi connectivity index (χ1n) is 11.9. The molecule has 2 N–H and O–H groups in total. The molecule has 198 valence electrons. The first-order valence-corrected chi connectivity index (χ1v) is 14.1. The molecule has 0 radical (unpaired) electrons. The Morgan fingerprint density at radius 1 is 1.27 bits per heavy atom. The third-order valence-electron chi connectivity index (χ3n) is 6.72. The minimum atomic E-state index is -3.87. The van der Waals surface area contributed by atoms with Crippen molar-refractivity contribution in [3.8, 4) is 0 Å². The van der Waals surface area contributed by atoms with Gasteiger partial charge in [-0.1, -0.05) is 28.1 Å². The van der Waals surface area contributed by atoms with Gasteiger partial charge in [0.05, 0.1) is 25.6 Å². The van der Waals surface area contributed by atoms with Crippen LogP contribution in [0.4, 0.5) is 5.82 Å². The normalized spacial score (nSPS) is 35.1. The molecule has 0 amide bonds. The lowest BCUT2D eigenvalue weighted by Crippen LogP contribution is -2.42. The lowest BCUT2D eigenvalue weighted by molar-refractivity contribution is -0.217. The van der Waals surface area contributed by atoms with Crippen LogP contribution in [0.15, 0.2) is 41.4 Å². The van der Waals surface area contributed by atoms with Crippen LogP contribution in [0.2, 0.25) is 0 Å². The standard InChI is InChI=1S/C23H27BrN5O7P/c1-22(2)34-18-16(10-32-37(30)31-8-7-15(35-37)13-5-4-6-14(24)9-13)33-21(23(18,3)36-22)29-12-28-17-19(25)26-11-27-20(17)29/h4-6,9,11-12,15-16,18,21H,7-8,10H2,1-3H3,(H2,25,26,27)/t15?,16-,18-,21-,23-,37?/m1/s1. The number of nitrogens with zero attached hydrogens (tertiary/aromatic N) is 4. The summed E-state index contributed by atoms with van der Waals surface area (Å²) in [6, 6.07) is 7.65. The van der Waals surface area contributed by atoms with Crippen molar-refractivity contribution in [1.82, 2.24) is 19.5 Å². The van der Waals surface area contributed by atoms with Crippen molar-refractivity contribution in [2.24, 2.45) is 0 Å². The maximum absolute atomic E-state index is 13.4. The molecule has 2 unspecified atom stereocenters. The number of benzene rings is 1. The maximum atomic E-state index is 13.4. The van der Waals surface area contributed by atoms with E-state index in [2.05, 4.69) is 30.9 Å². The van der Waals surface area contributed by atoms with E-state index in [0.717, 1.165) is 10.0 Å². The zero-order chi connectivity index (χ0) is 26.0. The Kier molecular flexibility index (Phi) is 6.20. The van der Waals surface area contributed by atoms with Crippen molar-refractivity contribution in [2.75, 3.05) is 18.9 Å². The van der Waals surface area contributed by atoms with Crippen molar-refractivity contribution in [3.63, 3.8) is 0 Å². The summed E-state index contributed by atoms with van der Waals surface area (Å²) in [7, 11) is -3.87. The van der Waals surface area contributed by atoms with Crippen LogP contribution in [0.1, 0.15) is 45.1 Å². The van der Waals surface area contributed by atoms with E-state index >= 15 is 0 Å². The lowest BCUT2D eigenvalue weighted by atomic mass is 9.96. The summed E-state index contributed by atoms with van der Waals surface area (Å²) in [6.45, 7) is 5.68. The van der Waals surface area contributed by atoms with Gasteiger partial charge in [0.25, 0.3) is 0 Å². The average molecular weight is 596 g/mol. The second-order valence-electron chi connectivity index (χ2n) is 9.85. The third kappa shape index (κ3) is 4.51. The molecular weight excluding hydrogens is 569 g/mol. The molecule has 5 heterocycles. The lowest BCUT2D eigenvalue weighted by Gasteiger charge is -2.30. The highest BCUT2D eigenvalue weighted by atomic mass is 79.9. The van der Waals surface area contributed by atoms with E-state index in [4.69, 9.17) is 33.5 Å². The monoisotopic (exact) mass is 595 g/mol. The predicted molar refractivity (Wildman–Crippen MR) is 134 cm³/mol. The smallest absolute Gasteiger partial charge is 0.382 e. The Balaban J connectivity index is 1.24. The molecule has 3 saturated heterocycles. The van der Waals surface area contributed by atoms with Crippen molar-refractivity contribution >= 4 is 40.7 Å². The van der Waals surface area contributed by atoms with Crippen LogP contribution in [0, 0.1) is 0 Å². The van der Waals surface area contributed by atoms with E-state index in [9.17, 15) is 4.57 Å². The van der Waals surface area contributed by atoms with Crippen LogP contribution in [-0.4, -0.2) is 56.3 Å². The average Bonchev–Trinajstić information content (AvgIpc) is 3.45. The topological polar surface area (TPSA) is 142 Å². The molecule has 0 saturated carbocycles. The van der Waals surface area contributed by atoms with Crippen LogP contribution in [-0.2, 0) is 32.3 Å². The zero-order valence-corrected chi connectivity index (χ0v) is 22.9. The van der Waals surface area contributed by atoms with E-state index in [1.54, 1.807) is 10.9 Å². The molecule has 14 heteroatoms. The van der Waals surface area contributed by atoms with Crippen LogP contribution in [0.5, 0.6) is 0 Å². The summed E-state index contributed by atoms with van der Waals surface area (Å²) in [6.07, 6.45) is 1.18. The van der Waals surface area contributed by atoms with Gasteiger partial charge in [0, 0.05) is 10.9 Å². The van der Waals surface area contributed by atoms with E-state index in [1.807, 2.05) is 45.0 Å². The molecule has 6 atom stereocenters. The number of phosphoric acid groups is 1. The molecular formula is C23H27BrN5O7P. The molecule has 0 aliphatic carbocycles. The van der Waals surface area contributed by atoms with Crippen LogP contribution >= 0.6 is 23.8 Å². The van der Waals surface area contributed by atoms with E-state index in [-0.39, 0.29) is 19.0 Å². The predicted octanol–water partition coefficient (Wildman–Crippen LogP) is 4.28. The van der Waals surface area contributed by atoms with E-state index in [0.29, 0.717) is 17.6 Å². The van der Waals surface area contributed by atoms with Crippen LogP contribution in [0.3, 0.4) is 0 Å². The first kappa shape index (κ1) is 25.3. The van der Waals surface area contributed by atoms with Gasteiger partial charge in [-0.2, -0.15) is 0 Å². The largest absolute Gasteiger partial charge is 0.475 e. The number of imidazole rings is 1. The zero-order valence-electron chi connectivity index (χ0n) is 20.4. The Morgan fingerprint density at radius 3 is 2.92 bits per heavy atom. The summed E-state index contributed by atoms with van der Waals surface area (Å²) >= 11 is 3.46. The van der Waals surface area contributed by atoms with Crippen molar-refractivity contribution < 1.29 is 32.3 Å². The summed E-state index contributed by atoms with van der Waals surface area (Å²) < 4.78 is 52.2. The van der Waals surface area contributed by atoms with Gasteiger partial charge in [-0.15, -0.1) is 0 Å². The number of ether oxygens (including phenoxy) is 3. The molecule has 0 spiro atoms. The number of aromatic nitrogens is 4. The number of fused-ring (bicyclic) bond motifs is 2.